The summed E-state index contributed by atoms with van der Waals surface area (Å²) in [5.41, 5.74) is 2.88. The average molecular weight is 398 g/mol. The lowest BCUT2D eigenvalue weighted by Gasteiger charge is -2.10. The Hall–Kier alpha value is -2.71. The quantitative estimate of drug-likeness (QED) is 0.440. The number of hydrogen-bond acceptors (Lipinski definition) is 6. The van der Waals surface area contributed by atoms with E-state index in [1.807, 2.05) is 47.9 Å². The first kappa shape index (κ1) is 20.0. The summed E-state index contributed by atoms with van der Waals surface area (Å²) in [7, 11) is 1.68. The van der Waals surface area contributed by atoms with Crippen molar-refractivity contribution in [2.75, 3.05) is 24.8 Å². The van der Waals surface area contributed by atoms with E-state index in [-0.39, 0.29) is 11.7 Å². The molecule has 0 fully saturated rings. The third-order valence-corrected chi connectivity index (χ3v) is 5.02. The fourth-order valence-corrected chi connectivity index (χ4v) is 3.41. The predicted molar refractivity (Wildman–Crippen MR) is 110 cm³/mol. The van der Waals surface area contributed by atoms with E-state index in [0.717, 1.165) is 29.1 Å². The molecule has 0 bridgehead atoms. The fourth-order valence-electron chi connectivity index (χ4n) is 2.64. The van der Waals surface area contributed by atoms with Gasteiger partial charge in [-0.2, -0.15) is 0 Å². The third kappa shape index (κ3) is 5.40. The van der Waals surface area contributed by atoms with E-state index in [2.05, 4.69) is 20.5 Å². The topological polar surface area (TPSA) is 81.9 Å². The molecule has 0 aliphatic carbocycles. The largest absolute Gasteiger partial charge is 0.385 e. The van der Waals surface area contributed by atoms with E-state index in [9.17, 15) is 4.79 Å². The summed E-state index contributed by atoms with van der Waals surface area (Å²) in [5, 5.41) is 12.2. The molecule has 0 atom stereocenters. The second-order valence-electron chi connectivity index (χ2n) is 6.24. The van der Waals surface area contributed by atoms with Gasteiger partial charge in [0.25, 0.3) is 0 Å². The molecule has 0 radical (unpaired) electrons. The molecule has 1 amide bonds. The van der Waals surface area contributed by atoms with Crippen LogP contribution in [-0.4, -0.2) is 45.1 Å². The molecule has 0 saturated heterocycles. The highest BCUT2D eigenvalue weighted by atomic mass is 32.2. The van der Waals surface area contributed by atoms with Crippen LogP contribution in [0.5, 0.6) is 0 Å². The van der Waals surface area contributed by atoms with Crippen LogP contribution in [0.2, 0.25) is 0 Å². The van der Waals surface area contributed by atoms with E-state index >= 15 is 0 Å². The number of benzene rings is 1. The van der Waals surface area contributed by atoms with Crippen LogP contribution < -0.4 is 5.32 Å². The maximum atomic E-state index is 12.3. The Labute approximate surface area is 168 Å². The van der Waals surface area contributed by atoms with E-state index in [1.54, 1.807) is 19.5 Å². The Morgan fingerprint density at radius 3 is 2.61 bits per heavy atom. The number of nitrogens with zero attached hydrogens (tertiary/aromatic N) is 4. The van der Waals surface area contributed by atoms with E-state index < -0.39 is 0 Å². The Kier molecular flexibility index (Phi) is 7.16. The number of amides is 1. The van der Waals surface area contributed by atoms with Gasteiger partial charge >= 0.3 is 0 Å². The Morgan fingerprint density at radius 2 is 1.89 bits per heavy atom. The number of anilines is 1. The van der Waals surface area contributed by atoms with Crippen molar-refractivity contribution in [2.45, 2.75) is 25.0 Å². The molecule has 0 aliphatic heterocycles. The number of rotatable bonds is 9. The minimum absolute atomic E-state index is 0.0780. The summed E-state index contributed by atoms with van der Waals surface area (Å²) in [6.07, 6.45) is 4.28. The molecular formula is C20H23N5O2S. The SMILES string of the molecule is COCCCn1c(SCC(=O)Nc2ccc(C)cc2)nnc1-c1ccncc1. The van der Waals surface area contributed by atoms with Crippen molar-refractivity contribution >= 4 is 23.4 Å². The number of carbonyl (C=O) groups excluding carboxylic acids is 1. The molecule has 0 spiro atoms. The average Bonchev–Trinajstić information content (AvgIpc) is 3.12. The summed E-state index contributed by atoms with van der Waals surface area (Å²) in [6.45, 7) is 3.37. The number of ether oxygens (including phenoxy) is 1. The highest BCUT2D eigenvalue weighted by Gasteiger charge is 2.15. The summed E-state index contributed by atoms with van der Waals surface area (Å²) in [5.74, 6) is 0.942. The number of aryl methyl sites for hydroxylation is 1. The molecule has 1 aromatic carbocycles. The summed E-state index contributed by atoms with van der Waals surface area (Å²) >= 11 is 1.37. The molecular weight excluding hydrogens is 374 g/mol. The number of carbonyl (C=O) groups is 1. The van der Waals surface area contributed by atoms with Crippen LogP contribution in [0.1, 0.15) is 12.0 Å². The number of methoxy groups -OCH3 is 1. The smallest absolute Gasteiger partial charge is 0.234 e. The zero-order valence-electron chi connectivity index (χ0n) is 16.0. The second kappa shape index (κ2) is 10.0. The van der Waals surface area contributed by atoms with Crippen LogP contribution in [-0.2, 0) is 16.1 Å². The van der Waals surface area contributed by atoms with E-state index in [4.69, 9.17) is 4.74 Å². The van der Waals surface area contributed by atoms with Gasteiger partial charge in [0, 0.05) is 43.9 Å². The van der Waals surface area contributed by atoms with Gasteiger partial charge in [-0.25, -0.2) is 0 Å². The van der Waals surface area contributed by atoms with Crippen molar-refractivity contribution in [1.29, 1.82) is 0 Å². The normalized spacial score (nSPS) is 10.8. The zero-order chi connectivity index (χ0) is 19.8. The molecule has 146 valence electrons. The lowest BCUT2D eigenvalue weighted by molar-refractivity contribution is -0.113. The summed E-state index contributed by atoms with van der Waals surface area (Å²) < 4.78 is 7.19. The molecule has 1 N–H and O–H groups in total. The molecule has 28 heavy (non-hydrogen) atoms. The van der Waals surface area contributed by atoms with Crippen LogP contribution in [0.25, 0.3) is 11.4 Å². The first-order valence-corrected chi connectivity index (χ1v) is 9.98. The molecule has 2 heterocycles. The molecule has 0 aliphatic rings. The first-order chi connectivity index (χ1) is 13.7. The molecule has 7 nitrogen and oxygen atoms in total. The van der Waals surface area contributed by atoms with Gasteiger partial charge in [0.2, 0.25) is 5.91 Å². The highest BCUT2D eigenvalue weighted by molar-refractivity contribution is 7.99. The van der Waals surface area contributed by atoms with Crippen LogP contribution >= 0.6 is 11.8 Å². The van der Waals surface area contributed by atoms with Gasteiger partial charge in [-0.05, 0) is 37.6 Å². The number of hydrogen-bond donors (Lipinski definition) is 1. The first-order valence-electron chi connectivity index (χ1n) is 8.99. The van der Waals surface area contributed by atoms with Crippen LogP contribution in [0.3, 0.4) is 0 Å². The van der Waals surface area contributed by atoms with Crippen molar-refractivity contribution in [3.8, 4) is 11.4 Å². The maximum Gasteiger partial charge on any atom is 0.234 e. The van der Waals surface area contributed by atoms with Gasteiger partial charge in [0.05, 0.1) is 5.75 Å². The monoisotopic (exact) mass is 397 g/mol. The molecule has 0 saturated carbocycles. The number of nitrogens with one attached hydrogen (secondary N) is 1. The van der Waals surface area contributed by atoms with E-state index in [0.29, 0.717) is 18.3 Å². The van der Waals surface area contributed by atoms with Crippen LogP contribution in [0.15, 0.2) is 53.9 Å². The van der Waals surface area contributed by atoms with E-state index in [1.165, 1.54) is 11.8 Å². The lowest BCUT2D eigenvalue weighted by atomic mass is 10.2. The Morgan fingerprint density at radius 1 is 1.14 bits per heavy atom. The third-order valence-electron chi connectivity index (χ3n) is 4.05. The number of aromatic nitrogens is 4. The van der Waals surface area contributed by atoms with Gasteiger partial charge in [-0.1, -0.05) is 29.5 Å². The molecule has 3 aromatic rings. The molecule has 2 aromatic heterocycles. The van der Waals surface area contributed by atoms with Gasteiger partial charge in [0.15, 0.2) is 11.0 Å². The van der Waals surface area contributed by atoms with Crippen molar-refractivity contribution in [2.24, 2.45) is 0 Å². The summed E-state index contributed by atoms with van der Waals surface area (Å²) in [6, 6.07) is 11.5. The van der Waals surface area contributed by atoms with Gasteiger partial charge < -0.3 is 14.6 Å². The van der Waals surface area contributed by atoms with Crippen LogP contribution in [0.4, 0.5) is 5.69 Å². The zero-order valence-corrected chi connectivity index (χ0v) is 16.8. The number of thioether (sulfide) groups is 1. The fraction of sp³-hybridized carbons (Fsp3) is 0.300. The molecule has 8 heteroatoms. The number of pyridine rings is 1. The highest BCUT2D eigenvalue weighted by Crippen LogP contribution is 2.24. The summed E-state index contributed by atoms with van der Waals surface area (Å²) in [4.78, 5) is 16.4. The molecule has 3 rings (SSSR count). The second-order valence-corrected chi connectivity index (χ2v) is 7.19. The minimum Gasteiger partial charge on any atom is -0.385 e. The van der Waals surface area contributed by atoms with Crippen molar-refractivity contribution < 1.29 is 9.53 Å². The predicted octanol–water partition coefficient (Wildman–Crippen LogP) is 3.42. The lowest BCUT2D eigenvalue weighted by Crippen LogP contribution is -2.15. The van der Waals surface area contributed by atoms with Crippen molar-refractivity contribution in [1.82, 2.24) is 19.7 Å². The van der Waals surface area contributed by atoms with Gasteiger partial charge in [0.1, 0.15) is 0 Å². The van der Waals surface area contributed by atoms with Crippen LogP contribution in [0, 0.1) is 6.92 Å². The van der Waals surface area contributed by atoms with Gasteiger partial charge in [-0.15, -0.1) is 10.2 Å². The standard InChI is InChI=1S/C20H23N5O2S/c1-15-4-6-17(7-5-15)22-18(26)14-28-20-24-23-19(16-8-10-21-11-9-16)25(20)12-3-13-27-2/h4-11H,3,12-14H2,1-2H3,(H,22,26). The van der Waals surface area contributed by atoms with Crippen molar-refractivity contribution in [3.63, 3.8) is 0 Å². The van der Waals surface area contributed by atoms with Crippen molar-refractivity contribution in [3.05, 3.63) is 54.4 Å². The maximum absolute atomic E-state index is 12.3. The Balaban J connectivity index is 1.69. The minimum atomic E-state index is -0.0780. The Bertz CT molecular complexity index is 897. The molecule has 0 unspecified atom stereocenters. The van der Waals surface area contributed by atoms with Gasteiger partial charge in [-0.3, -0.25) is 9.78 Å².